The molecule has 0 saturated carbocycles. The van der Waals surface area contributed by atoms with Gasteiger partial charge >= 0.3 is 0 Å². The van der Waals surface area contributed by atoms with Crippen LogP contribution in [0.2, 0.25) is 0 Å². The maximum Gasteiger partial charge on any atom is 0.121 e. The minimum absolute atomic E-state index is 0.564. The summed E-state index contributed by atoms with van der Waals surface area (Å²) in [4.78, 5) is 5.95. The highest BCUT2D eigenvalue weighted by molar-refractivity contribution is 7.14. The number of hydrogen-bond donors (Lipinski definition) is 1. The van der Waals surface area contributed by atoms with Crippen LogP contribution < -0.4 is 5.73 Å². The average Bonchev–Trinajstić information content (AvgIpc) is 3.42. The van der Waals surface area contributed by atoms with E-state index >= 15 is 0 Å². The van der Waals surface area contributed by atoms with Gasteiger partial charge in [-0.25, -0.2) is 4.98 Å². The Morgan fingerprint density at radius 1 is 0.742 bits per heavy atom. The lowest BCUT2D eigenvalue weighted by molar-refractivity contribution is 0.502. The van der Waals surface area contributed by atoms with Gasteiger partial charge in [0.2, 0.25) is 0 Å². The molecule has 0 fully saturated rings. The molecule has 4 heteroatoms. The van der Waals surface area contributed by atoms with Gasteiger partial charge in [0.25, 0.3) is 0 Å². The molecule has 0 aliphatic rings. The maximum atomic E-state index is 6.24. The quantitative estimate of drug-likeness (QED) is 0.336. The number of hydrogen-bond acceptors (Lipinski definition) is 3. The molecule has 0 unspecified atom stereocenters. The predicted molar refractivity (Wildman–Crippen MR) is 129 cm³/mol. The van der Waals surface area contributed by atoms with Gasteiger partial charge in [-0.05, 0) is 35.1 Å². The van der Waals surface area contributed by atoms with Crippen molar-refractivity contribution in [1.82, 2.24) is 9.55 Å². The van der Waals surface area contributed by atoms with Crippen LogP contribution in [0.4, 0.5) is 5.69 Å². The van der Waals surface area contributed by atoms with Crippen LogP contribution >= 0.6 is 11.3 Å². The minimum atomic E-state index is -0.564. The lowest BCUT2D eigenvalue weighted by Gasteiger charge is -2.38. The van der Waals surface area contributed by atoms with E-state index < -0.39 is 5.54 Å². The Hall–Kier alpha value is -3.63. The number of anilines is 1. The van der Waals surface area contributed by atoms with Gasteiger partial charge in [-0.3, -0.25) is 0 Å². The zero-order chi connectivity index (χ0) is 21.3. The van der Waals surface area contributed by atoms with Crippen LogP contribution in [-0.2, 0) is 5.54 Å². The van der Waals surface area contributed by atoms with Crippen LogP contribution in [0.5, 0.6) is 0 Å². The van der Waals surface area contributed by atoms with Crippen LogP contribution in [0, 0.1) is 6.92 Å². The number of imidazole rings is 1. The van der Waals surface area contributed by atoms with Gasteiger partial charge in [-0.1, -0.05) is 91.0 Å². The zero-order valence-corrected chi connectivity index (χ0v) is 18.1. The molecule has 0 aliphatic carbocycles. The first-order valence-electron chi connectivity index (χ1n) is 10.3. The number of aryl methyl sites for hydroxylation is 1. The summed E-state index contributed by atoms with van der Waals surface area (Å²) < 4.78 is 2.29. The second-order valence-corrected chi connectivity index (χ2v) is 8.47. The number of nitrogen functional groups attached to an aromatic ring is 1. The Bertz CT molecular complexity index is 1190. The molecule has 152 valence electrons. The van der Waals surface area contributed by atoms with E-state index in [1.165, 1.54) is 16.7 Å². The second kappa shape index (κ2) is 7.89. The number of thiophene rings is 1. The van der Waals surface area contributed by atoms with E-state index in [1.54, 1.807) is 11.3 Å². The molecule has 0 spiro atoms. The monoisotopic (exact) mass is 421 g/mol. The highest BCUT2D eigenvalue weighted by atomic mass is 32.1. The van der Waals surface area contributed by atoms with Crippen molar-refractivity contribution in [2.45, 2.75) is 12.5 Å². The molecular weight excluding hydrogens is 398 g/mol. The minimum Gasteiger partial charge on any atom is -0.397 e. The lowest BCUT2D eigenvalue weighted by Crippen LogP contribution is -2.38. The van der Waals surface area contributed by atoms with Crippen molar-refractivity contribution in [3.05, 3.63) is 131 Å². The number of rotatable bonds is 5. The summed E-state index contributed by atoms with van der Waals surface area (Å²) in [6, 6.07) is 33.9. The van der Waals surface area contributed by atoms with Gasteiger partial charge in [-0.15, -0.1) is 11.3 Å². The van der Waals surface area contributed by atoms with Crippen molar-refractivity contribution in [2.75, 3.05) is 5.73 Å². The normalized spacial score (nSPS) is 11.5. The number of nitrogens with two attached hydrogens (primary N) is 1. The molecule has 3 nitrogen and oxygen atoms in total. The summed E-state index contributed by atoms with van der Waals surface area (Å²) in [6.07, 6.45) is 2.14. The molecule has 2 N–H and O–H groups in total. The molecule has 31 heavy (non-hydrogen) atoms. The van der Waals surface area contributed by atoms with Crippen molar-refractivity contribution in [2.24, 2.45) is 0 Å². The van der Waals surface area contributed by atoms with Gasteiger partial charge in [0.05, 0.1) is 10.6 Å². The van der Waals surface area contributed by atoms with Crippen LogP contribution in [0.25, 0.3) is 10.6 Å². The van der Waals surface area contributed by atoms with Crippen molar-refractivity contribution in [1.29, 1.82) is 0 Å². The summed E-state index contributed by atoms with van der Waals surface area (Å²) in [7, 11) is 0. The van der Waals surface area contributed by atoms with E-state index in [1.807, 2.05) is 11.4 Å². The third-order valence-corrected chi connectivity index (χ3v) is 6.70. The van der Waals surface area contributed by atoms with E-state index in [0.717, 1.165) is 22.1 Å². The lowest BCUT2D eigenvalue weighted by atomic mass is 9.76. The Kier molecular flexibility index (Phi) is 4.92. The van der Waals surface area contributed by atoms with E-state index in [4.69, 9.17) is 10.7 Å². The molecule has 0 bridgehead atoms. The Morgan fingerprint density at radius 2 is 1.23 bits per heavy atom. The first-order valence-corrected chi connectivity index (χ1v) is 11.2. The number of nitrogens with zero attached hydrogens (tertiary/aromatic N) is 2. The molecule has 0 saturated heterocycles. The van der Waals surface area contributed by atoms with Crippen LogP contribution in [-0.4, -0.2) is 9.55 Å². The first-order chi connectivity index (χ1) is 15.2. The van der Waals surface area contributed by atoms with E-state index in [9.17, 15) is 0 Å². The fraction of sp³-hybridized carbons (Fsp3) is 0.0741. The topological polar surface area (TPSA) is 43.8 Å². The fourth-order valence-electron chi connectivity index (χ4n) is 4.40. The van der Waals surface area contributed by atoms with Gasteiger partial charge in [0.1, 0.15) is 17.1 Å². The van der Waals surface area contributed by atoms with E-state index in [-0.39, 0.29) is 0 Å². The molecule has 0 aliphatic heterocycles. The molecule has 5 aromatic rings. The van der Waals surface area contributed by atoms with Crippen LogP contribution in [0.15, 0.2) is 109 Å². The average molecular weight is 422 g/mol. The third-order valence-electron chi connectivity index (χ3n) is 5.75. The van der Waals surface area contributed by atoms with Crippen LogP contribution in [0.3, 0.4) is 0 Å². The Labute approximate surface area is 186 Å². The van der Waals surface area contributed by atoms with E-state index in [2.05, 4.69) is 109 Å². The van der Waals surface area contributed by atoms with Crippen molar-refractivity contribution in [3.8, 4) is 10.6 Å². The summed E-state index contributed by atoms with van der Waals surface area (Å²) in [5.74, 6) is 0.930. The van der Waals surface area contributed by atoms with Crippen molar-refractivity contribution >= 4 is 17.0 Å². The fourth-order valence-corrected chi connectivity index (χ4v) is 5.18. The molecule has 3 aromatic carbocycles. The molecule has 2 aromatic heterocycles. The predicted octanol–water partition coefficient (Wildman–Crippen LogP) is 6.34. The molecule has 0 atom stereocenters. The van der Waals surface area contributed by atoms with Crippen molar-refractivity contribution < 1.29 is 0 Å². The highest BCUT2D eigenvalue weighted by Crippen LogP contribution is 2.43. The highest BCUT2D eigenvalue weighted by Gasteiger charge is 2.39. The van der Waals surface area contributed by atoms with Gasteiger partial charge in [0.15, 0.2) is 0 Å². The first kappa shape index (κ1) is 19.3. The molecule has 0 radical (unpaired) electrons. The van der Waals surface area contributed by atoms with Gasteiger partial charge in [0, 0.05) is 6.20 Å². The third kappa shape index (κ3) is 3.16. The summed E-state index contributed by atoms with van der Waals surface area (Å²) in [6.45, 7) is 2.07. The van der Waals surface area contributed by atoms with Gasteiger partial charge in [-0.2, -0.15) is 0 Å². The summed E-state index contributed by atoms with van der Waals surface area (Å²) in [5.41, 5.74) is 10.9. The van der Waals surface area contributed by atoms with Crippen LogP contribution in [0.1, 0.15) is 22.5 Å². The molecule has 5 rings (SSSR count). The smallest absolute Gasteiger partial charge is 0.121 e. The van der Waals surface area contributed by atoms with E-state index in [0.29, 0.717) is 0 Å². The number of aromatic nitrogens is 2. The largest absolute Gasteiger partial charge is 0.397 e. The molecular formula is C27H23N3S. The molecule has 2 heterocycles. The Morgan fingerprint density at radius 3 is 1.65 bits per heavy atom. The Balaban J connectivity index is 1.88. The van der Waals surface area contributed by atoms with Gasteiger partial charge < -0.3 is 10.3 Å². The maximum absolute atomic E-state index is 6.24. The van der Waals surface area contributed by atoms with Crippen molar-refractivity contribution in [3.63, 3.8) is 0 Å². The summed E-state index contributed by atoms with van der Waals surface area (Å²) in [5, 5.41) is 2.01. The standard InChI is InChI=1S/C27H23N3S/c1-20-29-25(26-24(28)17-18-31-26)19-30(20)27(21-11-5-2-6-12-21,22-13-7-3-8-14-22)23-15-9-4-10-16-23/h2-19H,28H2,1H3. The zero-order valence-electron chi connectivity index (χ0n) is 17.3. The molecule has 0 amide bonds. The summed E-state index contributed by atoms with van der Waals surface area (Å²) >= 11 is 1.62. The number of benzene rings is 3. The second-order valence-electron chi connectivity index (χ2n) is 7.56. The SMILES string of the molecule is Cc1nc(-c2sccc2N)cn1C(c1ccccc1)(c1ccccc1)c1ccccc1.